The number of carbonyl (C=O) groups excluding carboxylic acids is 1. The van der Waals surface area contributed by atoms with Crippen LogP contribution in [0.15, 0.2) is 30.9 Å². The number of nitrogens with one attached hydrogen (secondary N) is 1. The van der Waals surface area contributed by atoms with Gasteiger partial charge in [0.25, 0.3) is 5.91 Å². The van der Waals surface area contributed by atoms with E-state index in [9.17, 15) is 4.79 Å². The van der Waals surface area contributed by atoms with Gasteiger partial charge in [0.2, 0.25) is 0 Å². The quantitative estimate of drug-likeness (QED) is 0.700. The third-order valence-corrected chi connectivity index (χ3v) is 4.56. The molecule has 1 fully saturated rings. The van der Waals surface area contributed by atoms with E-state index in [-0.39, 0.29) is 17.5 Å². The van der Waals surface area contributed by atoms with Gasteiger partial charge >= 0.3 is 0 Å². The molecule has 140 valence electrons. The van der Waals surface area contributed by atoms with E-state index in [1.54, 1.807) is 12.3 Å². The predicted molar refractivity (Wildman–Crippen MR) is 101 cm³/mol. The lowest BCUT2D eigenvalue weighted by atomic mass is 10.2. The Hall–Kier alpha value is -2.91. The number of nitrogens with two attached hydrogens (primary N) is 1. The molecule has 1 saturated heterocycles. The fourth-order valence-corrected chi connectivity index (χ4v) is 3.22. The van der Waals surface area contributed by atoms with Crippen LogP contribution in [0.4, 0.5) is 11.5 Å². The average molecular weight is 388 g/mol. The van der Waals surface area contributed by atoms with Gasteiger partial charge in [0.1, 0.15) is 23.1 Å². The van der Waals surface area contributed by atoms with E-state index in [1.165, 1.54) is 23.1 Å². The summed E-state index contributed by atoms with van der Waals surface area (Å²) in [6.45, 7) is 1.81. The minimum atomic E-state index is -0.446. The predicted octanol–water partition coefficient (Wildman–Crippen LogP) is 1.70. The molecule has 9 nitrogen and oxygen atoms in total. The molecule has 1 atom stereocenters. The molecule has 3 N–H and O–H groups in total. The molecule has 3 aromatic rings. The van der Waals surface area contributed by atoms with E-state index in [0.717, 1.165) is 19.5 Å². The van der Waals surface area contributed by atoms with Gasteiger partial charge in [0.15, 0.2) is 11.5 Å². The molecule has 0 saturated carbocycles. The standard InChI is InChI=1S/C17H18ClN7O2/c1-24-5-3-11(9-24)27-13-2-4-20-7-12(13)22-17(26)14-15(19)23-25-8-10(18)6-21-16(14)25/h2,4,6-8,11H,3,5,9H2,1H3,(H2,19,23)(H,22,26). The molecular formula is C17H18ClN7O2. The summed E-state index contributed by atoms with van der Waals surface area (Å²) in [6.07, 6.45) is 7.13. The van der Waals surface area contributed by atoms with Crippen molar-refractivity contribution in [3.05, 3.63) is 41.4 Å². The first-order valence-electron chi connectivity index (χ1n) is 8.41. The molecule has 0 spiro atoms. The number of hydrogen-bond acceptors (Lipinski definition) is 7. The van der Waals surface area contributed by atoms with Gasteiger partial charge < -0.3 is 20.7 Å². The second-order valence-electron chi connectivity index (χ2n) is 6.42. The highest BCUT2D eigenvalue weighted by molar-refractivity contribution is 6.30. The van der Waals surface area contributed by atoms with Gasteiger partial charge in [-0.25, -0.2) is 9.50 Å². The molecule has 0 bridgehead atoms. The van der Waals surface area contributed by atoms with E-state index in [0.29, 0.717) is 22.1 Å². The molecule has 3 aromatic heterocycles. The fourth-order valence-electron chi connectivity index (χ4n) is 3.08. The summed E-state index contributed by atoms with van der Waals surface area (Å²) < 4.78 is 7.42. The summed E-state index contributed by atoms with van der Waals surface area (Å²) in [7, 11) is 2.05. The molecule has 0 radical (unpaired) electrons. The van der Waals surface area contributed by atoms with Crippen LogP contribution < -0.4 is 15.8 Å². The molecule has 0 aliphatic carbocycles. The van der Waals surface area contributed by atoms with E-state index < -0.39 is 5.91 Å². The number of likely N-dealkylation sites (tertiary alicyclic amines) is 1. The number of carbonyl (C=O) groups is 1. The Labute approximate surface area is 160 Å². The lowest BCUT2D eigenvalue weighted by Crippen LogP contribution is -2.22. The Balaban J connectivity index is 1.60. The second-order valence-corrected chi connectivity index (χ2v) is 6.85. The summed E-state index contributed by atoms with van der Waals surface area (Å²) in [5, 5.41) is 7.27. The lowest BCUT2D eigenvalue weighted by molar-refractivity contribution is 0.102. The Morgan fingerprint density at radius 1 is 1.44 bits per heavy atom. The molecule has 4 heterocycles. The molecule has 10 heteroatoms. The largest absolute Gasteiger partial charge is 0.487 e. The zero-order valence-electron chi connectivity index (χ0n) is 14.6. The van der Waals surface area contributed by atoms with Crippen LogP contribution in [-0.2, 0) is 0 Å². The number of rotatable bonds is 4. The molecule has 1 aliphatic rings. The zero-order chi connectivity index (χ0) is 19.0. The van der Waals surface area contributed by atoms with Crippen molar-refractivity contribution in [1.82, 2.24) is 24.5 Å². The summed E-state index contributed by atoms with van der Waals surface area (Å²) in [4.78, 5) is 23.3. The number of amides is 1. The van der Waals surface area contributed by atoms with Crippen LogP contribution in [0, 0.1) is 0 Å². The molecule has 1 aliphatic heterocycles. The topological polar surface area (TPSA) is 111 Å². The first kappa shape index (κ1) is 17.5. The Bertz CT molecular complexity index is 1010. The van der Waals surface area contributed by atoms with Crippen molar-refractivity contribution in [2.75, 3.05) is 31.2 Å². The van der Waals surface area contributed by atoms with Crippen LogP contribution in [0.25, 0.3) is 5.65 Å². The van der Waals surface area contributed by atoms with Crippen LogP contribution in [0.5, 0.6) is 5.75 Å². The molecule has 4 rings (SSSR count). The number of nitrogen functional groups attached to an aromatic ring is 1. The van der Waals surface area contributed by atoms with Crippen molar-refractivity contribution < 1.29 is 9.53 Å². The third-order valence-electron chi connectivity index (χ3n) is 4.37. The number of halogens is 1. The highest BCUT2D eigenvalue weighted by atomic mass is 35.5. The van der Waals surface area contributed by atoms with Gasteiger partial charge in [-0.05, 0) is 13.5 Å². The van der Waals surface area contributed by atoms with Crippen molar-refractivity contribution >= 4 is 34.7 Å². The van der Waals surface area contributed by atoms with Gasteiger partial charge in [0, 0.05) is 31.5 Å². The summed E-state index contributed by atoms with van der Waals surface area (Å²) in [5.41, 5.74) is 6.86. The number of likely N-dealkylation sites (N-methyl/N-ethyl adjacent to an activating group) is 1. The molecule has 27 heavy (non-hydrogen) atoms. The maximum absolute atomic E-state index is 12.8. The van der Waals surface area contributed by atoms with Crippen molar-refractivity contribution in [2.45, 2.75) is 12.5 Å². The first-order chi connectivity index (χ1) is 13.0. The minimum absolute atomic E-state index is 0.0612. The molecule has 0 aromatic carbocycles. The van der Waals surface area contributed by atoms with Crippen molar-refractivity contribution in [1.29, 1.82) is 0 Å². The average Bonchev–Trinajstić information content (AvgIpc) is 3.18. The van der Waals surface area contributed by atoms with Gasteiger partial charge in [-0.3, -0.25) is 9.78 Å². The number of fused-ring (bicyclic) bond motifs is 1. The zero-order valence-corrected chi connectivity index (χ0v) is 15.3. The normalized spacial score (nSPS) is 17.3. The number of nitrogens with zero attached hydrogens (tertiary/aromatic N) is 5. The van der Waals surface area contributed by atoms with Crippen LogP contribution in [0.2, 0.25) is 5.02 Å². The van der Waals surface area contributed by atoms with E-state index >= 15 is 0 Å². The van der Waals surface area contributed by atoms with E-state index in [1.807, 2.05) is 7.05 Å². The van der Waals surface area contributed by atoms with Crippen molar-refractivity contribution in [2.24, 2.45) is 0 Å². The van der Waals surface area contributed by atoms with Crippen LogP contribution in [-0.4, -0.2) is 56.6 Å². The highest BCUT2D eigenvalue weighted by Crippen LogP contribution is 2.27. The number of pyridine rings is 1. The number of aromatic nitrogens is 4. The maximum Gasteiger partial charge on any atom is 0.263 e. The minimum Gasteiger partial charge on any atom is -0.487 e. The third kappa shape index (κ3) is 3.51. The SMILES string of the molecule is CN1CCC(Oc2ccncc2NC(=O)c2c(N)nn3cc(Cl)cnc23)C1. The summed E-state index contributed by atoms with van der Waals surface area (Å²) in [6, 6.07) is 1.73. The molecule has 1 amide bonds. The van der Waals surface area contributed by atoms with Crippen LogP contribution >= 0.6 is 11.6 Å². The first-order valence-corrected chi connectivity index (χ1v) is 8.79. The van der Waals surface area contributed by atoms with Gasteiger partial charge in [-0.2, -0.15) is 0 Å². The number of hydrogen-bond donors (Lipinski definition) is 2. The second kappa shape index (κ2) is 7.01. The van der Waals surface area contributed by atoms with E-state index in [4.69, 9.17) is 22.1 Å². The summed E-state index contributed by atoms with van der Waals surface area (Å²) >= 11 is 5.91. The van der Waals surface area contributed by atoms with Gasteiger partial charge in [-0.15, -0.1) is 5.10 Å². The monoisotopic (exact) mass is 387 g/mol. The number of ether oxygens (including phenoxy) is 1. The highest BCUT2D eigenvalue weighted by Gasteiger charge is 2.24. The molecule has 1 unspecified atom stereocenters. The fraction of sp³-hybridized carbons (Fsp3) is 0.294. The molecular weight excluding hydrogens is 370 g/mol. The lowest BCUT2D eigenvalue weighted by Gasteiger charge is -2.16. The Morgan fingerprint density at radius 2 is 2.30 bits per heavy atom. The van der Waals surface area contributed by atoms with Crippen LogP contribution in [0.3, 0.4) is 0 Å². The van der Waals surface area contributed by atoms with Gasteiger partial charge in [-0.1, -0.05) is 11.6 Å². The van der Waals surface area contributed by atoms with E-state index in [2.05, 4.69) is 25.3 Å². The number of anilines is 2. The van der Waals surface area contributed by atoms with Crippen molar-refractivity contribution in [3.63, 3.8) is 0 Å². The Kier molecular flexibility index (Phi) is 4.54. The van der Waals surface area contributed by atoms with Gasteiger partial charge in [0.05, 0.1) is 17.4 Å². The smallest absolute Gasteiger partial charge is 0.263 e. The maximum atomic E-state index is 12.8. The van der Waals surface area contributed by atoms with Crippen molar-refractivity contribution in [3.8, 4) is 5.75 Å². The van der Waals surface area contributed by atoms with Crippen LogP contribution in [0.1, 0.15) is 16.8 Å². The Morgan fingerprint density at radius 3 is 3.07 bits per heavy atom. The summed E-state index contributed by atoms with van der Waals surface area (Å²) in [5.74, 6) is 0.175.